The first-order valence-corrected chi connectivity index (χ1v) is 9.37. The maximum absolute atomic E-state index is 11.9. The van der Waals surface area contributed by atoms with Crippen LogP contribution in [0.15, 0.2) is 0 Å². The molecule has 3 N–H and O–H groups in total. The molecule has 134 valence electrons. The van der Waals surface area contributed by atoms with Crippen LogP contribution in [-0.2, 0) is 4.74 Å². The number of rotatable bonds is 6. The maximum atomic E-state index is 11.9. The van der Waals surface area contributed by atoms with Crippen LogP contribution in [0.5, 0.6) is 0 Å². The summed E-state index contributed by atoms with van der Waals surface area (Å²) in [6.07, 6.45) is 8.74. The molecule has 23 heavy (non-hydrogen) atoms. The van der Waals surface area contributed by atoms with Gasteiger partial charge in [-0.15, -0.1) is 0 Å². The molecule has 2 fully saturated rings. The third-order valence-electron chi connectivity index (χ3n) is 4.87. The van der Waals surface area contributed by atoms with Crippen LogP contribution in [0.2, 0.25) is 0 Å². The molecule has 5 nitrogen and oxygen atoms in total. The van der Waals surface area contributed by atoms with Gasteiger partial charge in [0.25, 0.3) is 0 Å². The predicted octanol–water partition coefficient (Wildman–Crippen LogP) is 2.80. The van der Waals surface area contributed by atoms with Gasteiger partial charge in [-0.1, -0.05) is 19.3 Å². The van der Waals surface area contributed by atoms with Gasteiger partial charge in [0.15, 0.2) is 0 Å². The molecule has 2 aliphatic rings. The van der Waals surface area contributed by atoms with Crippen molar-refractivity contribution >= 4 is 6.09 Å². The lowest BCUT2D eigenvalue weighted by Crippen LogP contribution is -2.50. The second-order valence-electron chi connectivity index (χ2n) is 8.09. The van der Waals surface area contributed by atoms with Crippen LogP contribution < -0.4 is 16.0 Å². The molecular weight excluding hydrogens is 290 g/mol. The predicted molar refractivity (Wildman–Crippen MR) is 93.6 cm³/mol. The Hall–Kier alpha value is -0.810. The molecule has 1 heterocycles. The second kappa shape index (κ2) is 8.88. The van der Waals surface area contributed by atoms with E-state index < -0.39 is 5.60 Å². The third kappa shape index (κ3) is 7.08. The number of hydrogen-bond donors (Lipinski definition) is 3. The fourth-order valence-corrected chi connectivity index (χ4v) is 3.66. The Labute approximate surface area is 141 Å². The summed E-state index contributed by atoms with van der Waals surface area (Å²) in [6.45, 7) is 8.48. The highest BCUT2D eigenvalue weighted by molar-refractivity contribution is 5.67. The van der Waals surface area contributed by atoms with Gasteiger partial charge < -0.3 is 20.7 Å². The molecule has 1 amide bonds. The van der Waals surface area contributed by atoms with Gasteiger partial charge in [0, 0.05) is 25.2 Å². The van der Waals surface area contributed by atoms with Gasteiger partial charge in [0.05, 0.1) is 0 Å². The Morgan fingerprint density at radius 1 is 1.17 bits per heavy atom. The van der Waals surface area contributed by atoms with E-state index in [4.69, 9.17) is 4.74 Å². The van der Waals surface area contributed by atoms with Crippen molar-refractivity contribution in [3.05, 3.63) is 0 Å². The van der Waals surface area contributed by atoms with Gasteiger partial charge >= 0.3 is 6.09 Å². The Morgan fingerprint density at radius 3 is 2.48 bits per heavy atom. The summed E-state index contributed by atoms with van der Waals surface area (Å²) in [4.78, 5) is 11.9. The molecule has 1 saturated heterocycles. The number of piperidine rings is 1. The number of carbonyl (C=O) groups is 1. The lowest BCUT2D eigenvalue weighted by Gasteiger charge is -2.30. The van der Waals surface area contributed by atoms with Crippen LogP contribution in [0.1, 0.15) is 65.7 Å². The lowest BCUT2D eigenvalue weighted by atomic mass is 9.97. The molecular formula is C18H35N3O2. The summed E-state index contributed by atoms with van der Waals surface area (Å²) >= 11 is 0. The van der Waals surface area contributed by atoms with Gasteiger partial charge in [-0.25, -0.2) is 4.79 Å². The molecule has 2 rings (SSSR count). The van der Waals surface area contributed by atoms with E-state index in [1.54, 1.807) is 0 Å². The van der Waals surface area contributed by atoms with Crippen LogP contribution in [0.4, 0.5) is 4.79 Å². The van der Waals surface area contributed by atoms with E-state index in [0.29, 0.717) is 24.5 Å². The number of hydrogen-bond acceptors (Lipinski definition) is 4. The van der Waals surface area contributed by atoms with Crippen molar-refractivity contribution in [3.63, 3.8) is 0 Å². The largest absolute Gasteiger partial charge is 0.444 e. The van der Waals surface area contributed by atoms with E-state index in [0.717, 1.165) is 13.1 Å². The zero-order valence-electron chi connectivity index (χ0n) is 15.1. The Balaban J connectivity index is 1.78. The van der Waals surface area contributed by atoms with Crippen molar-refractivity contribution in [2.45, 2.75) is 83.4 Å². The van der Waals surface area contributed by atoms with E-state index in [-0.39, 0.29) is 6.09 Å². The van der Waals surface area contributed by atoms with Crippen LogP contribution in [0.3, 0.4) is 0 Å². The first kappa shape index (κ1) is 18.5. The molecule has 0 aromatic rings. The zero-order valence-corrected chi connectivity index (χ0v) is 15.1. The van der Waals surface area contributed by atoms with E-state index >= 15 is 0 Å². The number of amides is 1. The highest BCUT2D eigenvalue weighted by Gasteiger charge is 2.27. The standard InChI is InChI=1S/C18H35N3O2/c1-18(2,3)23-17(22)21-13-16(14-8-4-5-9-14)20-12-15-10-6-7-11-19-15/h14-16,19-20H,4-13H2,1-3H3,(H,21,22). The van der Waals surface area contributed by atoms with Crippen LogP contribution in [-0.4, -0.2) is 43.4 Å². The summed E-state index contributed by atoms with van der Waals surface area (Å²) in [5.74, 6) is 0.675. The minimum Gasteiger partial charge on any atom is -0.444 e. The van der Waals surface area contributed by atoms with E-state index in [1.807, 2.05) is 20.8 Å². The van der Waals surface area contributed by atoms with Crippen molar-refractivity contribution in [1.82, 2.24) is 16.0 Å². The summed E-state index contributed by atoms with van der Waals surface area (Å²) in [6, 6.07) is 0.933. The molecule has 0 spiro atoms. The third-order valence-corrected chi connectivity index (χ3v) is 4.87. The Morgan fingerprint density at radius 2 is 1.87 bits per heavy atom. The first-order chi connectivity index (χ1) is 10.9. The average Bonchev–Trinajstić information content (AvgIpc) is 3.00. The fourth-order valence-electron chi connectivity index (χ4n) is 3.66. The Kier molecular flexibility index (Phi) is 7.15. The molecule has 0 radical (unpaired) electrons. The smallest absolute Gasteiger partial charge is 0.407 e. The first-order valence-electron chi connectivity index (χ1n) is 9.37. The van der Waals surface area contributed by atoms with Crippen molar-refractivity contribution < 1.29 is 9.53 Å². The van der Waals surface area contributed by atoms with Crippen molar-refractivity contribution in [3.8, 4) is 0 Å². The summed E-state index contributed by atoms with van der Waals surface area (Å²) in [5, 5.41) is 10.3. The minimum absolute atomic E-state index is 0.307. The number of carbonyl (C=O) groups excluding carboxylic acids is 1. The molecule has 2 atom stereocenters. The molecule has 1 aliphatic carbocycles. The second-order valence-corrected chi connectivity index (χ2v) is 8.09. The molecule has 0 bridgehead atoms. The van der Waals surface area contributed by atoms with Crippen LogP contribution in [0, 0.1) is 5.92 Å². The van der Waals surface area contributed by atoms with Gasteiger partial charge in [-0.3, -0.25) is 0 Å². The number of alkyl carbamates (subject to hydrolysis) is 1. The highest BCUT2D eigenvalue weighted by atomic mass is 16.6. The molecule has 0 aromatic heterocycles. The minimum atomic E-state index is -0.438. The lowest BCUT2D eigenvalue weighted by molar-refractivity contribution is 0.0518. The van der Waals surface area contributed by atoms with Crippen LogP contribution >= 0.6 is 0 Å². The quantitative estimate of drug-likeness (QED) is 0.703. The summed E-state index contributed by atoms with van der Waals surface area (Å²) in [5.41, 5.74) is -0.438. The SMILES string of the molecule is CC(C)(C)OC(=O)NCC(NCC1CCCCN1)C1CCCC1. The number of ether oxygens (including phenoxy) is 1. The van der Waals surface area contributed by atoms with Gasteiger partial charge in [0.2, 0.25) is 0 Å². The van der Waals surface area contributed by atoms with Gasteiger partial charge in [0.1, 0.15) is 5.60 Å². The molecule has 0 aromatic carbocycles. The van der Waals surface area contributed by atoms with Gasteiger partial charge in [-0.05, 0) is 58.9 Å². The van der Waals surface area contributed by atoms with Crippen molar-refractivity contribution in [2.24, 2.45) is 5.92 Å². The molecule has 5 heteroatoms. The van der Waals surface area contributed by atoms with E-state index in [2.05, 4.69) is 16.0 Å². The molecule has 2 unspecified atom stereocenters. The highest BCUT2D eigenvalue weighted by Crippen LogP contribution is 2.27. The fraction of sp³-hybridized carbons (Fsp3) is 0.944. The summed E-state index contributed by atoms with van der Waals surface area (Å²) < 4.78 is 5.36. The van der Waals surface area contributed by atoms with E-state index in [9.17, 15) is 4.79 Å². The van der Waals surface area contributed by atoms with Gasteiger partial charge in [-0.2, -0.15) is 0 Å². The zero-order chi connectivity index (χ0) is 16.7. The topological polar surface area (TPSA) is 62.4 Å². The number of nitrogens with one attached hydrogen (secondary N) is 3. The summed E-state index contributed by atoms with van der Waals surface area (Å²) in [7, 11) is 0. The normalized spacial score (nSPS) is 24.4. The van der Waals surface area contributed by atoms with E-state index in [1.165, 1.54) is 44.9 Å². The molecule has 1 aliphatic heterocycles. The molecule has 1 saturated carbocycles. The Bertz CT molecular complexity index is 356. The average molecular weight is 325 g/mol. The monoisotopic (exact) mass is 325 g/mol. The van der Waals surface area contributed by atoms with Crippen molar-refractivity contribution in [2.75, 3.05) is 19.6 Å². The van der Waals surface area contributed by atoms with Crippen molar-refractivity contribution in [1.29, 1.82) is 0 Å². The maximum Gasteiger partial charge on any atom is 0.407 e. The van der Waals surface area contributed by atoms with Crippen LogP contribution in [0.25, 0.3) is 0 Å².